The van der Waals surface area contributed by atoms with Gasteiger partial charge in [-0.1, -0.05) is 18.2 Å². The van der Waals surface area contributed by atoms with Gasteiger partial charge in [0.15, 0.2) is 0 Å². The van der Waals surface area contributed by atoms with Crippen molar-refractivity contribution in [3.05, 3.63) is 48.0 Å². The van der Waals surface area contributed by atoms with Crippen molar-refractivity contribution < 1.29 is 0 Å². The molecule has 1 aromatic heterocycles. The molecule has 22 heavy (non-hydrogen) atoms. The zero-order valence-electron chi connectivity index (χ0n) is 13.6. The number of hydrogen-bond donors (Lipinski definition) is 2. The summed E-state index contributed by atoms with van der Waals surface area (Å²) in [6.45, 7) is 8.55. The van der Waals surface area contributed by atoms with E-state index in [0.29, 0.717) is 17.9 Å². The van der Waals surface area contributed by atoms with Gasteiger partial charge in [0.2, 0.25) is 0 Å². The molecule has 0 spiro atoms. The highest BCUT2D eigenvalue weighted by molar-refractivity contribution is 6.10. The first-order valence-electron chi connectivity index (χ1n) is 7.86. The predicted octanol–water partition coefficient (Wildman–Crippen LogP) is 4.77. The fourth-order valence-electron chi connectivity index (χ4n) is 3.26. The number of nitrogens with zero attached hydrogens (tertiary/aromatic N) is 1. The van der Waals surface area contributed by atoms with Gasteiger partial charge in [0.25, 0.3) is 0 Å². The molecule has 0 radical (unpaired) electrons. The lowest BCUT2D eigenvalue weighted by Crippen LogP contribution is -2.42. The molecular formula is C19H23N3. The topological polar surface area (TPSA) is 42.9 Å². The van der Waals surface area contributed by atoms with Crippen LogP contribution >= 0.6 is 0 Å². The predicted molar refractivity (Wildman–Crippen MR) is 94.7 cm³/mol. The van der Waals surface area contributed by atoms with E-state index in [1.165, 1.54) is 10.8 Å². The summed E-state index contributed by atoms with van der Waals surface area (Å²) in [7, 11) is 0. The normalized spacial score (nSPS) is 11.7. The number of para-hydroxylation sites is 1. The van der Waals surface area contributed by atoms with Gasteiger partial charge in [-0.05, 0) is 52.0 Å². The Bertz CT molecular complexity index is 819. The van der Waals surface area contributed by atoms with Crippen molar-refractivity contribution in [3.63, 3.8) is 0 Å². The smallest absolute Gasteiger partial charge is 0.128 e. The fourth-order valence-corrected chi connectivity index (χ4v) is 3.26. The summed E-state index contributed by atoms with van der Waals surface area (Å²) in [5, 5.41) is 11.0. The molecule has 114 valence electrons. The van der Waals surface area contributed by atoms with Crippen molar-refractivity contribution in [1.82, 2.24) is 9.88 Å². The van der Waals surface area contributed by atoms with Crippen molar-refractivity contribution >= 4 is 27.6 Å². The summed E-state index contributed by atoms with van der Waals surface area (Å²) in [4.78, 5) is 5.58. The van der Waals surface area contributed by atoms with Crippen molar-refractivity contribution in [3.8, 4) is 0 Å². The number of aromatic amines is 1. The molecule has 3 heteroatoms. The molecule has 0 bridgehead atoms. The van der Waals surface area contributed by atoms with Gasteiger partial charge in [-0.2, -0.15) is 0 Å². The molecule has 0 unspecified atom stereocenters. The van der Waals surface area contributed by atoms with Gasteiger partial charge in [0.1, 0.15) is 5.84 Å². The lowest BCUT2D eigenvalue weighted by molar-refractivity contribution is 0.291. The van der Waals surface area contributed by atoms with E-state index in [-0.39, 0.29) is 0 Å². The van der Waals surface area contributed by atoms with Crippen LogP contribution in [0.1, 0.15) is 33.3 Å². The maximum Gasteiger partial charge on any atom is 0.128 e. The fraction of sp³-hybridized carbons (Fsp3) is 0.316. The molecule has 3 aromatic rings. The average molecular weight is 293 g/mol. The van der Waals surface area contributed by atoms with Crippen LogP contribution in [0.2, 0.25) is 0 Å². The van der Waals surface area contributed by atoms with Crippen molar-refractivity contribution in [2.75, 3.05) is 0 Å². The molecule has 2 N–H and O–H groups in total. The summed E-state index contributed by atoms with van der Waals surface area (Å²) in [5.74, 6) is 0.595. The highest BCUT2D eigenvalue weighted by atomic mass is 15.2. The molecule has 0 amide bonds. The van der Waals surface area contributed by atoms with Crippen molar-refractivity contribution in [2.45, 2.75) is 39.8 Å². The number of fused-ring (bicyclic) bond motifs is 3. The minimum atomic E-state index is 0.311. The van der Waals surface area contributed by atoms with Crippen LogP contribution < -0.4 is 0 Å². The molecule has 3 rings (SSSR count). The van der Waals surface area contributed by atoms with E-state index >= 15 is 0 Å². The van der Waals surface area contributed by atoms with Crippen LogP contribution in [0, 0.1) is 5.41 Å². The summed E-state index contributed by atoms with van der Waals surface area (Å²) < 4.78 is 0. The van der Waals surface area contributed by atoms with Gasteiger partial charge in [-0.3, -0.25) is 5.41 Å². The molecular weight excluding hydrogens is 270 g/mol. The van der Waals surface area contributed by atoms with Crippen LogP contribution in [-0.2, 0) is 0 Å². The van der Waals surface area contributed by atoms with E-state index in [4.69, 9.17) is 5.41 Å². The molecule has 1 heterocycles. The second-order valence-corrected chi connectivity index (χ2v) is 6.37. The van der Waals surface area contributed by atoms with Crippen LogP contribution in [0.15, 0.2) is 42.5 Å². The van der Waals surface area contributed by atoms with Gasteiger partial charge < -0.3 is 9.88 Å². The number of rotatable bonds is 3. The Morgan fingerprint density at radius 3 is 2.23 bits per heavy atom. The standard InChI is InChI=1S/C19H23N3/c1-12(2)22(13(3)4)19(20)14-9-10-18-16(11-14)15-7-5-6-8-17(15)21-18/h5-13,20-21H,1-4H3. The van der Waals surface area contributed by atoms with Crippen LogP contribution in [0.25, 0.3) is 21.8 Å². The molecule has 0 saturated carbocycles. The third-order valence-electron chi connectivity index (χ3n) is 4.15. The van der Waals surface area contributed by atoms with Gasteiger partial charge in [0, 0.05) is 39.5 Å². The lowest BCUT2D eigenvalue weighted by atomic mass is 10.1. The number of nitrogens with one attached hydrogen (secondary N) is 2. The van der Waals surface area contributed by atoms with Gasteiger partial charge in [-0.25, -0.2) is 0 Å². The summed E-state index contributed by atoms with van der Waals surface area (Å²) in [5.41, 5.74) is 3.24. The molecule has 0 saturated heterocycles. The lowest BCUT2D eigenvalue weighted by Gasteiger charge is -2.33. The molecule has 0 atom stereocenters. The second-order valence-electron chi connectivity index (χ2n) is 6.37. The summed E-state index contributed by atoms with van der Waals surface area (Å²) >= 11 is 0. The van der Waals surface area contributed by atoms with E-state index < -0.39 is 0 Å². The molecule has 3 nitrogen and oxygen atoms in total. The molecule has 0 aliphatic heterocycles. The van der Waals surface area contributed by atoms with E-state index in [1.807, 2.05) is 12.1 Å². The first-order valence-corrected chi connectivity index (χ1v) is 7.86. The Kier molecular flexibility index (Phi) is 3.65. The first-order chi connectivity index (χ1) is 10.5. The van der Waals surface area contributed by atoms with E-state index in [1.54, 1.807) is 0 Å². The van der Waals surface area contributed by atoms with Crippen molar-refractivity contribution in [2.24, 2.45) is 0 Å². The Balaban J connectivity index is 2.11. The number of benzene rings is 2. The Morgan fingerprint density at radius 2 is 1.55 bits per heavy atom. The summed E-state index contributed by atoms with van der Waals surface area (Å²) in [6.07, 6.45) is 0. The molecule has 2 aromatic carbocycles. The van der Waals surface area contributed by atoms with Gasteiger partial charge >= 0.3 is 0 Å². The minimum Gasteiger partial charge on any atom is -0.355 e. The monoisotopic (exact) mass is 293 g/mol. The van der Waals surface area contributed by atoms with Crippen LogP contribution in [0.5, 0.6) is 0 Å². The van der Waals surface area contributed by atoms with Gasteiger partial charge in [-0.15, -0.1) is 0 Å². The first kappa shape index (κ1) is 14.6. The van der Waals surface area contributed by atoms with Crippen molar-refractivity contribution in [1.29, 1.82) is 5.41 Å². The van der Waals surface area contributed by atoms with Crippen LogP contribution in [0.3, 0.4) is 0 Å². The van der Waals surface area contributed by atoms with E-state index in [0.717, 1.165) is 16.6 Å². The average Bonchev–Trinajstić information content (AvgIpc) is 2.84. The van der Waals surface area contributed by atoms with Gasteiger partial charge in [0.05, 0.1) is 0 Å². The SMILES string of the molecule is CC(C)N(C(=N)c1ccc2[nH]c3ccccc3c2c1)C(C)C. The highest BCUT2D eigenvalue weighted by Crippen LogP contribution is 2.26. The highest BCUT2D eigenvalue weighted by Gasteiger charge is 2.19. The zero-order chi connectivity index (χ0) is 15.9. The molecule has 0 aliphatic rings. The number of amidine groups is 1. The number of aromatic nitrogens is 1. The minimum absolute atomic E-state index is 0.311. The van der Waals surface area contributed by atoms with E-state index in [9.17, 15) is 0 Å². The third-order valence-corrected chi connectivity index (χ3v) is 4.15. The zero-order valence-corrected chi connectivity index (χ0v) is 13.6. The Labute approximate surface area is 131 Å². The quantitative estimate of drug-likeness (QED) is 0.530. The Morgan fingerprint density at radius 1 is 0.909 bits per heavy atom. The summed E-state index contributed by atoms with van der Waals surface area (Å²) in [6, 6.07) is 15.2. The van der Waals surface area contributed by atoms with Crippen LogP contribution in [0.4, 0.5) is 0 Å². The largest absolute Gasteiger partial charge is 0.355 e. The molecule has 0 fully saturated rings. The second kappa shape index (κ2) is 5.48. The van der Waals surface area contributed by atoms with E-state index in [2.05, 4.69) is 67.9 Å². The molecule has 0 aliphatic carbocycles. The number of H-pyrrole nitrogens is 1. The maximum absolute atomic E-state index is 8.60. The Hall–Kier alpha value is -2.29. The third kappa shape index (κ3) is 2.37. The van der Waals surface area contributed by atoms with Crippen LogP contribution in [-0.4, -0.2) is 27.8 Å². The maximum atomic E-state index is 8.60. The number of hydrogen-bond acceptors (Lipinski definition) is 1.